The van der Waals surface area contributed by atoms with Crippen LogP contribution >= 0.6 is 0 Å². The summed E-state index contributed by atoms with van der Waals surface area (Å²) in [5, 5.41) is 31.8. The fraction of sp³-hybridized carbons (Fsp3) is 0. The first-order chi connectivity index (χ1) is 8.73. The first-order valence-electron chi connectivity index (χ1n) is 4.13. The molecule has 1 aromatic rings. The SMILES string of the molecule is O=[N+]([O-])c1cc(OS(=O)[O-])c([N+](=O)[O-])c([N+](=O)[O-])c1. The molecule has 0 N–H and O–H groups in total. The Bertz CT molecular complexity index is 600. The summed E-state index contributed by atoms with van der Waals surface area (Å²) in [7, 11) is 0. The molecule has 0 bridgehead atoms. The van der Waals surface area contributed by atoms with E-state index in [0.717, 1.165) is 0 Å². The van der Waals surface area contributed by atoms with Gasteiger partial charge in [-0.25, -0.2) is 4.21 Å². The van der Waals surface area contributed by atoms with Gasteiger partial charge >= 0.3 is 11.4 Å². The van der Waals surface area contributed by atoms with Crippen molar-refractivity contribution in [2.24, 2.45) is 0 Å². The maximum Gasteiger partial charge on any atom is 0.389 e. The highest BCUT2D eigenvalue weighted by molar-refractivity contribution is 7.74. The maximum absolute atomic E-state index is 10.7. The van der Waals surface area contributed by atoms with Crippen LogP contribution in [0, 0.1) is 30.3 Å². The van der Waals surface area contributed by atoms with E-state index >= 15 is 0 Å². The number of hydrogen-bond donors (Lipinski definition) is 0. The minimum atomic E-state index is -3.29. The van der Waals surface area contributed by atoms with Crippen LogP contribution in [0.3, 0.4) is 0 Å². The van der Waals surface area contributed by atoms with E-state index in [0.29, 0.717) is 12.1 Å². The summed E-state index contributed by atoms with van der Waals surface area (Å²) in [6.45, 7) is 0. The minimum absolute atomic E-state index is 0.332. The molecule has 0 heterocycles. The number of non-ortho nitro benzene ring substituents is 1. The predicted octanol–water partition coefficient (Wildman–Crippen LogP) is 0.584. The molecular weight excluding hydrogens is 290 g/mol. The Labute approximate surface area is 105 Å². The third-order valence-electron chi connectivity index (χ3n) is 1.79. The van der Waals surface area contributed by atoms with E-state index in [1.54, 1.807) is 0 Å². The van der Waals surface area contributed by atoms with Crippen molar-refractivity contribution in [3.05, 3.63) is 42.5 Å². The van der Waals surface area contributed by atoms with Gasteiger partial charge in [0.05, 0.1) is 20.8 Å². The molecule has 1 atom stereocenters. The first kappa shape index (κ1) is 14.4. The fourth-order valence-electron chi connectivity index (χ4n) is 1.14. The van der Waals surface area contributed by atoms with Crippen molar-refractivity contribution in [1.29, 1.82) is 0 Å². The van der Waals surface area contributed by atoms with Gasteiger partial charge in [0.25, 0.3) is 5.69 Å². The quantitative estimate of drug-likeness (QED) is 0.426. The van der Waals surface area contributed by atoms with E-state index < -0.39 is 48.9 Å². The Morgan fingerprint density at radius 3 is 1.95 bits per heavy atom. The largest absolute Gasteiger partial charge is 0.740 e. The molecule has 0 spiro atoms. The Hall–Kier alpha value is -2.67. The smallest absolute Gasteiger partial charge is 0.389 e. The molecule has 19 heavy (non-hydrogen) atoms. The van der Waals surface area contributed by atoms with E-state index in [9.17, 15) is 39.1 Å². The molecule has 0 aliphatic heterocycles. The van der Waals surface area contributed by atoms with Gasteiger partial charge in [-0.2, -0.15) is 0 Å². The number of rotatable bonds is 5. The van der Waals surface area contributed by atoms with E-state index in [1.165, 1.54) is 0 Å². The van der Waals surface area contributed by atoms with E-state index in [4.69, 9.17) is 0 Å². The summed E-state index contributed by atoms with van der Waals surface area (Å²) in [4.78, 5) is 28.1. The number of nitro benzene ring substituents is 3. The number of nitrogens with zero attached hydrogens (tertiary/aromatic N) is 3. The van der Waals surface area contributed by atoms with Crippen molar-refractivity contribution in [1.82, 2.24) is 0 Å². The van der Waals surface area contributed by atoms with Gasteiger partial charge in [-0.15, -0.1) is 0 Å². The highest BCUT2D eigenvalue weighted by Gasteiger charge is 2.34. The van der Waals surface area contributed by atoms with Gasteiger partial charge in [-0.3, -0.25) is 30.3 Å². The summed E-state index contributed by atoms with van der Waals surface area (Å²) >= 11 is -3.29. The molecule has 102 valence electrons. The van der Waals surface area contributed by atoms with Gasteiger partial charge in [-0.05, 0) is 0 Å². The molecule has 0 radical (unpaired) electrons. The molecule has 0 aliphatic rings. The van der Waals surface area contributed by atoms with E-state index in [1.807, 2.05) is 0 Å². The normalized spacial score (nSPS) is 11.6. The van der Waals surface area contributed by atoms with Gasteiger partial charge in [-0.1, -0.05) is 0 Å². The van der Waals surface area contributed by atoms with Crippen LogP contribution in [0.5, 0.6) is 5.75 Å². The van der Waals surface area contributed by atoms with Crippen molar-refractivity contribution in [3.8, 4) is 5.75 Å². The lowest BCUT2D eigenvalue weighted by Crippen LogP contribution is -2.05. The number of nitro groups is 3. The van der Waals surface area contributed by atoms with Gasteiger partial charge in [0.1, 0.15) is 17.4 Å². The van der Waals surface area contributed by atoms with Crippen LogP contribution in [0.2, 0.25) is 0 Å². The summed E-state index contributed by atoms with van der Waals surface area (Å²) in [6.07, 6.45) is 0. The van der Waals surface area contributed by atoms with Gasteiger partial charge < -0.3 is 8.74 Å². The second-order valence-corrected chi connectivity index (χ2v) is 3.45. The molecule has 0 fully saturated rings. The molecule has 0 amide bonds. The van der Waals surface area contributed by atoms with Crippen molar-refractivity contribution < 1.29 is 27.7 Å². The molecule has 0 aliphatic carbocycles. The van der Waals surface area contributed by atoms with Crippen molar-refractivity contribution >= 4 is 28.4 Å². The lowest BCUT2D eigenvalue weighted by Gasteiger charge is -2.07. The lowest BCUT2D eigenvalue weighted by molar-refractivity contribution is -0.424. The summed E-state index contributed by atoms with van der Waals surface area (Å²) in [6, 6.07) is 0.736. The third-order valence-corrected chi connectivity index (χ3v) is 2.10. The van der Waals surface area contributed by atoms with Crippen LogP contribution in [0.25, 0.3) is 0 Å². The Morgan fingerprint density at radius 1 is 1.00 bits per heavy atom. The van der Waals surface area contributed by atoms with Crippen molar-refractivity contribution in [2.75, 3.05) is 0 Å². The van der Waals surface area contributed by atoms with Crippen LogP contribution in [0.4, 0.5) is 17.1 Å². The fourth-order valence-corrected chi connectivity index (χ4v) is 1.42. The van der Waals surface area contributed by atoms with E-state index in [2.05, 4.69) is 4.18 Å². The van der Waals surface area contributed by atoms with Crippen LogP contribution in [0.1, 0.15) is 0 Å². The second kappa shape index (κ2) is 5.32. The molecule has 0 saturated carbocycles. The monoisotopic (exact) mass is 292 g/mol. The Morgan fingerprint density at radius 2 is 1.58 bits per heavy atom. The number of hydrogen-bond acceptors (Lipinski definition) is 9. The third kappa shape index (κ3) is 3.17. The standard InChI is InChI=1S/C6H3N3O9S/c10-7(11)3-1-4(8(12)13)6(9(14)15)5(2-3)18-19(16)17/h1-2H,(H,16,17)/p-1. The average Bonchev–Trinajstić information content (AvgIpc) is 2.26. The lowest BCUT2D eigenvalue weighted by atomic mass is 10.2. The van der Waals surface area contributed by atoms with E-state index in [-0.39, 0.29) is 0 Å². The zero-order chi connectivity index (χ0) is 14.7. The van der Waals surface area contributed by atoms with Crippen LogP contribution in [0.15, 0.2) is 12.1 Å². The highest BCUT2D eigenvalue weighted by Crippen LogP contribution is 2.40. The summed E-state index contributed by atoms with van der Waals surface area (Å²) in [5.41, 5.74) is -3.46. The Kier molecular flexibility index (Phi) is 4.03. The Balaban J connectivity index is 3.64. The summed E-state index contributed by atoms with van der Waals surface area (Å²) in [5.74, 6) is -1.11. The van der Waals surface area contributed by atoms with Crippen LogP contribution < -0.4 is 4.18 Å². The maximum atomic E-state index is 10.7. The molecule has 1 unspecified atom stereocenters. The van der Waals surface area contributed by atoms with Gasteiger partial charge in [0, 0.05) is 0 Å². The first-order valence-corrected chi connectivity index (χ1v) is 5.13. The minimum Gasteiger partial charge on any atom is -0.740 e. The molecule has 1 rings (SSSR count). The predicted molar refractivity (Wildman–Crippen MR) is 56.0 cm³/mol. The van der Waals surface area contributed by atoms with Crippen LogP contribution in [-0.2, 0) is 11.4 Å². The molecule has 12 nitrogen and oxygen atoms in total. The second-order valence-electron chi connectivity index (χ2n) is 2.87. The highest BCUT2D eigenvalue weighted by atomic mass is 32.2. The summed E-state index contributed by atoms with van der Waals surface area (Å²) < 4.78 is 24.6. The molecular formula is C6H2N3O9S-. The zero-order valence-corrected chi connectivity index (χ0v) is 9.40. The van der Waals surface area contributed by atoms with Gasteiger partial charge in [0.2, 0.25) is 5.75 Å². The molecule has 0 saturated heterocycles. The zero-order valence-electron chi connectivity index (χ0n) is 8.58. The molecule has 1 aromatic carbocycles. The number of benzene rings is 1. The van der Waals surface area contributed by atoms with Crippen LogP contribution in [-0.4, -0.2) is 23.5 Å². The topological polar surface area (TPSA) is 179 Å². The molecule has 0 aromatic heterocycles. The van der Waals surface area contributed by atoms with Gasteiger partial charge in [0.15, 0.2) is 0 Å². The average molecular weight is 292 g/mol. The molecule has 13 heteroatoms. The van der Waals surface area contributed by atoms with Crippen molar-refractivity contribution in [2.45, 2.75) is 0 Å². The van der Waals surface area contributed by atoms with Crippen molar-refractivity contribution in [3.63, 3.8) is 0 Å².